The Balaban J connectivity index is 2.22. The number of urea groups is 1. The molecule has 0 spiro atoms. The van der Waals surface area contributed by atoms with Crippen LogP contribution in [-0.2, 0) is 9.59 Å². The molecule has 1 fully saturated rings. The minimum Gasteiger partial charge on any atom is -0.354 e. The molecule has 4 amide bonds. The third kappa shape index (κ3) is 3.23. The zero-order valence-corrected chi connectivity index (χ0v) is 8.71. The molecule has 0 saturated carbocycles. The quantitative estimate of drug-likeness (QED) is 0.602. The summed E-state index contributed by atoms with van der Waals surface area (Å²) in [5, 5.41) is 5.05. The summed E-state index contributed by atoms with van der Waals surface area (Å²) in [6.07, 6.45) is 1.26. The molecule has 0 aromatic rings. The van der Waals surface area contributed by atoms with E-state index in [2.05, 4.69) is 10.6 Å². The molecule has 1 aliphatic rings. The van der Waals surface area contributed by atoms with Crippen molar-refractivity contribution < 1.29 is 14.4 Å². The van der Waals surface area contributed by atoms with E-state index in [-0.39, 0.29) is 30.9 Å². The van der Waals surface area contributed by atoms with Gasteiger partial charge in [-0.2, -0.15) is 0 Å². The minimum absolute atomic E-state index is 0.0513. The number of rotatable bonds is 5. The molecular formula is C9H15N3O3. The number of nitrogens with zero attached hydrogens (tertiary/aromatic N) is 1. The van der Waals surface area contributed by atoms with E-state index in [1.165, 1.54) is 0 Å². The second kappa shape index (κ2) is 5.33. The maximum Gasteiger partial charge on any atom is 0.324 e. The molecule has 0 atom stereocenters. The number of hydrogen-bond acceptors (Lipinski definition) is 3. The van der Waals surface area contributed by atoms with E-state index in [1.54, 1.807) is 0 Å². The first kappa shape index (κ1) is 11.5. The van der Waals surface area contributed by atoms with Crippen LogP contribution >= 0.6 is 0 Å². The van der Waals surface area contributed by atoms with Crippen LogP contribution in [0.2, 0.25) is 0 Å². The monoisotopic (exact) mass is 213 g/mol. The van der Waals surface area contributed by atoms with Crippen LogP contribution < -0.4 is 10.6 Å². The molecule has 2 N–H and O–H groups in total. The van der Waals surface area contributed by atoms with Crippen LogP contribution in [0.5, 0.6) is 0 Å². The topological polar surface area (TPSA) is 78.5 Å². The molecule has 1 heterocycles. The average molecular weight is 213 g/mol. The molecule has 0 radical (unpaired) electrons. The van der Waals surface area contributed by atoms with Crippen molar-refractivity contribution in [3.05, 3.63) is 0 Å². The van der Waals surface area contributed by atoms with Gasteiger partial charge in [0.05, 0.1) is 6.54 Å². The van der Waals surface area contributed by atoms with Crippen LogP contribution in [0, 0.1) is 0 Å². The summed E-state index contributed by atoms with van der Waals surface area (Å²) in [6, 6.07) is -0.384. The fraction of sp³-hybridized carbons (Fsp3) is 0.667. The minimum atomic E-state index is -0.384. The first-order chi connectivity index (χ1) is 7.15. The second-order valence-corrected chi connectivity index (χ2v) is 3.30. The lowest BCUT2D eigenvalue weighted by molar-refractivity contribution is -0.126. The van der Waals surface area contributed by atoms with E-state index < -0.39 is 0 Å². The van der Waals surface area contributed by atoms with Gasteiger partial charge in [-0.05, 0) is 6.42 Å². The normalized spacial score (nSPS) is 15.4. The maximum absolute atomic E-state index is 11.1. The van der Waals surface area contributed by atoms with Crippen molar-refractivity contribution in [3.8, 4) is 0 Å². The molecule has 0 unspecified atom stereocenters. The molecule has 6 heteroatoms. The second-order valence-electron chi connectivity index (χ2n) is 3.30. The zero-order valence-electron chi connectivity index (χ0n) is 8.71. The number of carbonyl (C=O) groups is 3. The van der Waals surface area contributed by atoms with Crippen molar-refractivity contribution >= 4 is 17.8 Å². The molecule has 84 valence electrons. The van der Waals surface area contributed by atoms with Crippen molar-refractivity contribution in [2.45, 2.75) is 19.8 Å². The van der Waals surface area contributed by atoms with Crippen LogP contribution in [0.3, 0.4) is 0 Å². The number of imide groups is 1. The van der Waals surface area contributed by atoms with Gasteiger partial charge < -0.3 is 10.6 Å². The largest absolute Gasteiger partial charge is 0.354 e. The van der Waals surface area contributed by atoms with E-state index in [0.29, 0.717) is 13.0 Å². The maximum atomic E-state index is 11.1. The lowest BCUT2D eigenvalue weighted by Crippen LogP contribution is -2.38. The SMILES string of the molecule is CCCC(=O)NCCN1C(=O)CNC1=O. The molecule has 15 heavy (non-hydrogen) atoms. The van der Waals surface area contributed by atoms with Gasteiger partial charge in [0.15, 0.2) is 0 Å². The summed E-state index contributed by atoms with van der Waals surface area (Å²) < 4.78 is 0. The van der Waals surface area contributed by atoms with Crippen molar-refractivity contribution in [1.82, 2.24) is 15.5 Å². The van der Waals surface area contributed by atoms with Gasteiger partial charge in [-0.15, -0.1) is 0 Å². The van der Waals surface area contributed by atoms with Crippen LogP contribution in [0.25, 0.3) is 0 Å². The summed E-state index contributed by atoms with van der Waals surface area (Å²) in [7, 11) is 0. The Kier molecular flexibility index (Phi) is 4.08. The first-order valence-electron chi connectivity index (χ1n) is 5.00. The molecule has 1 aliphatic heterocycles. The highest BCUT2D eigenvalue weighted by atomic mass is 16.2. The molecule has 0 aliphatic carbocycles. The Labute approximate surface area is 88.0 Å². The summed E-state index contributed by atoms with van der Waals surface area (Å²) in [6.45, 7) is 2.52. The molecule has 1 rings (SSSR count). The number of carbonyl (C=O) groups excluding carboxylic acids is 3. The van der Waals surface area contributed by atoms with Crippen molar-refractivity contribution in [3.63, 3.8) is 0 Å². The zero-order chi connectivity index (χ0) is 11.3. The van der Waals surface area contributed by atoms with E-state index in [0.717, 1.165) is 11.3 Å². The predicted molar refractivity (Wildman–Crippen MR) is 53.0 cm³/mol. The molecule has 0 aromatic carbocycles. The van der Waals surface area contributed by atoms with Gasteiger partial charge >= 0.3 is 6.03 Å². The third-order valence-corrected chi connectivity index (χ3v) is 2.07. The van der Waals surface area contributed by atoms with E-state index in [1.807, 2.05) is 6.92 Å². The lowest BCUT2D eigenvalue weighted by Gasteiger charge is -2.12. The fourth-order valence-electron chi connectivity index (χ4n) is 1.30. The van der Waals surface area contributed by atoms with Crippen molar-refractivity contribution in [2.24, 2.45) is 0 Å². The van der Waals surface area contributed by atoms with E-state index >= 15 is 0 Å². The number of hydrogen-bond donors (Lipinski definition) is 2. The summed E-state index contributed by atoms with van der Waals surface area (Å²) in [5.74, 6) is -0.297. The van der Waals surface area contributed by atoms with E-state index in [9.17, 15) is 14.4 Å². The fourth-order valence-corrected chi connectivity index (χ4v) is 1.30. The van der Waals surface area contributed by atoms with Crippen molar-refractivity contribution in [2.75, 3.05) is 19.6 Å². The Hall–Kier alpha value is -1.59. The van der Waals surface area contributed by atoms with Crippen LogP contribution in [-0.4, -0.2) is 42.4 Å². The summed E-state index contributed by atoms with van der Waals surface area (Å²) in [4.78, 5) is 34.4. The number of nitrogens with one attached hydrogen (secondary N) is 2. The predicted octanol–water partition coefficient (Wildman–Crippen LogP) is -0.545. The average Bonchev–Trinajstić information content (AvgIpc) is 2.49. The standard InChI is InChI=1S/C9H15N3O3/c1-2-3-7(13)10-4-5-12-8(14)6-11-9(12)15/h2-6H2,1H3,(H,10,13)(H,11,15). The van der Waals surface area contributed by atoms with Crippen molar-refractivity contribution in [1.29, 1.82) is 0 Å². The molecule has 0 bridgehead atoms. The Morgan fingerprint density at radius 3 is 2.80 bits per heavy atom. The highest BCUT2D eigenvalue weighted by molar-refractivity contribution is 6.01. The molecule has 0 aromatic heterocycles. The van der Waals surface area contributed by atoms with Gasteiger partial charge in [0, 0.05) is 19.5 Å². The first-order valence-corrected chi connectivity index (χ1v) is 5.00. The van der Waals surface area contributed by atoms with Gasteiger partial charge in [-0.3, -0.25) is 14.5 Å². The Morgan fingerprint density at radius 1 is 1.53 bits per heavy atom. The lowest BCUT2D eigenvalue weighted by atomic mass is 10.3. The molecule has 1 saturated heterocycles. The Morgan fingerprint density at radius 2 is 2.27 bits per heavy atom. The van der Waals surface area contributed by atoms with Crippen LogP contribution in [0.15, 0.2) is 0 Å². The van der Waals surface area contributed by atoms with Gasteiger partial charge in [0.1, 0.15) is 0 Å². The highest BCUT2D eigenvalue weighted by Crippen LogP contribution is 1.97. The highest BCUT2D eigenvalue weighted by Gasteiger charge is 2.27. The van der Waals surface area contributed by atoms with E-state index in [4.69, 9.17) is 0 Å². The summed E-state index contributed by atoms with van der Waals surface area (Å²) >= 11 is 0. The number of amides is 4. The third-order valence-electron chi connectivity index (χ3n) is 2.07. The van der Waals surface area contributed by atoms with Gasteiger partial charge in [0.25, 0.3) is 0 Å². The van der Waals surface area contributed by atoms with Gasteiger partial charge in [0.2, 0.25) is 11.8 Å². The van der Waals surface area contributed by atoms with Gasteiger partial charge in [-0.25, -0.2) is 4.79 Å². The van der Waals surface area contributed by atoms with Crippen LogP contribution in [0.1, 0.15) is 19.8 Å². The van der Waals surface area contributed by atoms with Gasteiger partial charge in [-0.1, -0.05) is 6.92 Å². The molecule has 6 nitrogen and oxygen atoms in total. The summed E-state index contributed by atoms with van der Waals surface area (Å²) in [5.41, 5.74) is 0. The Bertz CT molecular complexity index is 262. The smallest absolute Gasteiger partial charge is 0.324 e. The van der Waals surface area contributed by atoms with Crippen LogP contribution in [0.4, 0.5) is 4.79 Å². The molecular weight excluding hydrogens is 198 g/mol.